The minimum Gasteiger partial charge on any atom is -0.462 e. The van der Waals surface area contributed by atoms with E-state index in [0.29, 0.717) is 25.7 Å². The van der Waals surface area contributed by atoms with E-state index in [1.54, 1.807) is 0 Å². The molecule has 0 heterocycles. The zero-order valence-corrected chi connectivity index (χ0v) is 35.4. The van der Waals surface area contributed by atoms with Crippen LogP contribution in [0.4, 0.5) is 0 Å². The van der Waals surface area contributed by atoms with Gasteiger partial charge in [-0.2, -0.15) is 0 Å². The van der Waals surface area contributed by atoms with Crippen molar-refractivity contribution in [1.82, 2.24) is 0 Å². The molecule has 1 saturated carbocycles. The van der Waals surface area contributed by atoms with Gasteiger partial charge in [-0.25, -0.2) is 27.4 Å². The molecule has 0 radical (unpaired) electrons. The number of carbonyl (C=O) groups is 2. The summed E-state index contributed by atoms with van der Waals surface area (Å²) in [7, 11) is -36.9. The summed E-state index contributed by atoms with van der Waals surface area (Å²) in [6, 6.07) is 0. The highest BCUT2D eigenvalue weighted by molar-refractivity contribution is 7.48. The Morgan fingerprint density at radius 3 is 1.09 bits per heavy atom. The summed E-state index contributed by atoms with van der Waals surface area (Å²) in [6.07, 6.45) is -16.1. The summed E-state index contributed by atoms with van der Waals surface area (Å²) in [5, 5.41) is 0. The molecule has 0 saturated heterocycles. The standard InChI is InChI=1S/C23H48O28P6/c1-3-5-7-9-11-16(24)43-13-15(45-17(25)12-10-8-6-4-2)14-44-57(41,42)51-23-21(49-55(35,36)37)19(47-53(29,30)31)18(46-52(26,27)28)20(48-54(32,33)34)22(23)50-56(38,39)40/h15,18-23H,3-14H2,1-2H3,(H,41,42)(H2,26,27,28)(H2,29,30,31)(H2,32,33,34)(H2,35,36,37)(H2,38,39,40)/t15-,18?,19-,20+,21+,22-,23?/m1/s1. The van der Waals surface area contributed by atoms with Gasteiger partial charge in [0.1, 0.15) is 43.2 Å². The number of unbranched alkanes of at least 4 members (excludes halogenated alkanes) is 6. The van der Waals surface area contributed by atoms with Crippen LogP contribution in [-0.2, 0) is 78.1 Å². The van der Waals surface area contributed by atoms with Gasteiger partial charge in [0.25, 0.3) is 0 Å². The van der Waals surface area contributed by atoms with E-state index in [0.717, 1.165) is 25.7 Å². The molecule has 0 amide bonds. The van der Waals surface area contributed by atoms with E-state index < -0.39 is 115 Å². The normalized spacial score (nSPS) is 24.1. The second-order valence-corrected chi connectivity index (χ2v) is 19.4. The predicted octanol–water partition coefficient (Wildman–Crippen LogP) is 1.29. The predicted molar refractivity (Wildman–Crippen MR) is 184 cm³/mol. The molecule has 8 atom stereocenters. The van der Waals surface area contributed by atoms with Gasteiger partial charge in [-0.1, -0.05) is 52.4 Å². The van der Waals surface area contributed by atoms with Gasteiger partial charge in [0.2, 0.25) is 0 Å². The average Bonchev–Trinajstić information content (AvgIpc) is 3.01. The van der Waals surface area contributed by atoms with E-state index >= 15 is 0 Å². The second kappa shape index (κ2) is 23.7. The molecule has 0 aromatic rings. The fraction of sp³-hybridized carbons (Fsp3) is 0.913. The van der Waals surface area contributed by atoms with E-state index in [1.165, 1.54) is 0 Å². The maximum Gasteiger partial charge on any atom is 0.472 e. The molecular formula is C23H48O28P6. The molecule has 0 aliphatic heterocycles. The zero-order chi connectivity index (χ0) is 44.0. The number of hydrogen-bond acceptors (Lipinski definition) is 17. The molecule has 338 valence electrons. The number of phosphoric acid groups is 6. The van der Waals surface area contributed by atoms with Crippen molar-refractivity contribution in [2.75, 3.05) is 13.2 Å². The highest BCUT2D eigenvalue weighted by Crippen LogP contribution is 2.58. The third-order valence-corrected chi connectivity index (χ3v) is 10.7. The number of hydrogen-bond donors (Lipinski definition) is 11. The van der Waals surface area contributed by atoms with Crippen molar-refractivity contribution < 1.29 is 132 Å². The van der Waals surface area contributed by atoms with Crippen LogP contribution in [0.1, 0.15) is 78.1 Å². The summed E-state index contributed by atoms with van der Waals surface area (Å²) in [5.74, 6) is -1.69. The maximum absolute atomic E-state index is 13.4. The highest BCUT2D eigenvalue weighted by Gasteiger charge is 2.63. The van der Waals surface area contributed by atoms with Crippen LogP contribution in [0.25, 0.3) is 0 Å². The van der Waals surface area contributed by atoms with E-state index in [1.807, 2.05) is 13.8 Å². The van der Waals surface area contributed by atoms with Crippen LogP contribution in [0, 0.1) is 0 Å². The van der Waals surface area contributed by atoms with Gasteiger partial charge in [-0.3, -0.25) is 41.3 Å². The van der Waals surface area contributed by atoms with Crippen LogP contribution in [0.3, 0.4) is 0 Å². The fourth-order valence-corrected chi connectivity index (χ4v) is 8.76. The highest BCUT2D eigenvalue weighted by atomic mass is 31.2. The molecule has 3 unspecified atom stereocenters. The summed E-state index contributed by atoms with van der Waals surface area (Å²) < 4.78 is 115. The van der Waals surface area contributed by atoms with E-state index in [9.17, 15) is 90.8 Å². The zero-order valence-electron chi connectivity index (χ0n) is 30.1. The van der Waals surface area contributed by atoms with E-state index in [2.05, 4.69) is 22.6 Å². The molecule has 1 aliphatic rings. The van der Waals surface area contributed by atoms with Gasteiger partial charge < -0.3 is 63.3 Å². The van der Waals surface area contributed by atoms with Gasteiger partial charge in [0, 0.05) is 12.8 Å². The number of esters is 2. The molecule has 11 N–H and O–H groups in total. The Labute approximate surface area is 324 Å². The number of rotatable bonds is 28. The molecular weight excluding hydrogens is 910 g/mol. The van der Waals surface area contributed by atoms with Crippen molar-refractivity contribution in [1.29, 1.82) is 0 Å². The Kier molecular flexibility index (Phi) is 22.7. The summed E-state index contributed by atoms with van der Waals surface area (Å²) in [5.41, 5.74) is 0. The largest absolute Gasteiger partial charge is 0.472 e. The quantitative estimate of drug-likeness (QED) is 0.0299. The van der Waals surface area contributed by atoms with Crippen LogP contribution < -0.4 is 0 Å². The topological polar surface area (TPSA) is 442 Å². The Bertz CT molecular complexity index is 1500. The average molecular weight is 958 g/mol. The summed E-state index contributed by atoms with van der Waals surface area (Å²) in [4.78, 5) is 131. The molecule has 0 spiro atoms. The molecule has 0 bridgehead atoms. The first-order valence-corrected chi connectivity index (χ1v) is 25.7. The lowest BCUT2D eigenvalue weighted by molar-refractivity contribution is -0.202. The molecule has 1 rings (SSSR count). The minimum absolute atomic E-state index is 0.0772. The lowest BCUT2D eigenvalue weighted by Gasteiger charge is -2.48. The monoisotopic (exact) mass is 958 g/mol. The Balaban J connectivity index is 3.74. The van der Waals surface area contributed by atoms with E-state index in [-0.39, 0.29) is 12.8 Å². The molecule has 0 aromatic heterocycles. The van der Waals surface area contributed by atoms with Gasteiger partial charge >= 0.3 is 58.9 Å². The van der Waals surface area contributed by atoms with Crippen molar-refractivity contribution in [3.63, 3.8) is 0 Å². The molecule has 57 heavy (non-hydrogen) atoms. The fourth-order valence-electron chi connectivity index (χ4n) is 5.01. The van der Waals surface area contributed by atoms with Crippen molar-refractivity contribution in [3.05, 3.63) is 0 Å². The van der Waals surface area contributed by atoms with Crippen LogP contribution >= 0.6 is 46.9 Å². The van der Waals surface area contributed by atoms with Crippen LogP contribution in [0.15, 0.2) is 0 Å². The molecule has 34 heteroatoms. The van der Waals surface area contributed by atoms with Crippen molar-refractivity contribution in [2.45, 2.75) is 121 Å². The molecule has 1 fully saturated rings. The first-order valence-electron chi connectivity index (χ1n) is 16.6. The minimum atomic E-state index is -6.17. The lowest BCUT2D eigenvalue weighted by atomic mass is 9.85. The molecule has 28 nitrogen and oxygen atoms in total. The van der Waals surface area contributed by atoms with Gasteiger partial charge in [0.15, 0.2) is 6.10 Å². The van der Waals surface area contributed by atoms with Crippen LogP contribution in [0.5, 0.6) is 0 Å². The van der Waals surface area contributed by atoms with Crippen molar-refractivity contribution >= 4 is 58.9 Å². The number of ether oxygens (including phenoxy) is 2. The van der Waals surface area contributed by atoms with Crippen molar-refractivity contribution in [2.24, 2.45) is 0 Å². The first kappa shape index (κ1) is 54.6. The Hall–Kier alpha value is -0.400. The number of phosphoric ester groups is 6. The SMILES string of the molecule is CCCCCCC(=O)OC[C@H](COP(=O)(O)OC1[C@@H](OP(=O)(O)O)[C@H](OP(=O)(O)O)C(OP(=O)(O)O)[C@H](OP(=O)(O)O)[C@H]1OP(=O)(O)O)OC(=O)CCCCCC. The molecule has 0 aromatic carbocycles. The van der Waals surface area contributed by atoms with Gasteiger partial charge in [0.05, 0.1) is 6.61 Å². The Morgan fingerprint density at radius 2 is 0.772 bits per heavy atom. The Morgan fingerprint density at radius 1 is 0.456 bits per heavy atom. The first-order chi connectivity index (χ1) is 25.9. The third-order valence-electron chi connectivity index (χ3n) is 7.11. The van der Waals surface area contributed by atoms with Crippen LogP contribution in [-0.4, -0.2) is 122 Å². The smallest absolute Gasteiger partial charge is 0.462 e. The summed E-state index contributed by atoms with van der Waals surface area (Å²) in [6.45, 7) is 1.78. The summed E-state index contributed by atoms with van der Waals surface area (Å²) >= 11 is 0. The van der Waals surface area contributed by atoms with Gasteiger partial charge in [-0.05, 0) is 12.8 Å². The third kappa shape index (κ3) is 24.6. The van der Waals surface area contributed by atoms with Crippen LogP contribution in [0.2, 0.25) is 0 Å². The molecule has 1 aliphatic carbocycles. The number of carbonyl (C=O) groups excluding carboxylic acids is 2. The maximum atomic E-state index is 13.4. The van der Waals surface area contributed by atoms with Gasteiger partial charge in [-0.15, -0.1) is 0 Å². The lowest BCUT2D eigenvalue weighted by Crippen LogP contribution is -2.66. The second-order valence-electron chi connectivity index (χ2n) is 12.1. The van der Waals surface area contributed by atoms with Crippen molar-refractivity contribution in [3.8, 4) is 0 Å². The van der Waals surface area contributed by atoms with E-state index in [4.69, 9.17) is 18.5 Å².